The highest BCUT2D eigenvalue weighted by molar-refractivity contribution is 6.06. The van der Waals surface area contributed by atoms with Crippen LogP contribution in [0.5, 0.6) is 0 Å². The van der Waals surface area contributed by atoms with Crippen LogP contribution in [0.1, 0.15) is 76.2 Å². The van der Waals surface area contributed by atoms with E-state index in [0.29, 0.717) is 25.7 Å². The fourth-order valence-electron chi connectivity index (χ4n) is 6.49. The van der Waals surface area contributed by atoms with Crippen LogP contribution < -0.4 is 27.4 Å². The third-order valence-corrected chi connectivity index (χ3v) is 8.94. The minimum absolute atomic E-state index is 0.0325. The number of ketones is 1. The molecule has 0 aromatic heterocycles. The Morgan fingerprint density at radius 1 is 0.895 bits per heavy atom. The molecule has 1 heterocycles. The van der Waals surface area contributed by atoms with Gasteiger partial charge in [0, 0.05) is 6.42 Å². The third kappa shape index (κ3) is 6.26. The average molecular weight is 526 g/mol. The van der Waals surface area contributed by atoms with Crippen molar-refractivity contribution in [1.82, 2.24) is 16.0 Å². The van der Waals surface area contributed by atoms with Crippen LogP contribution in [0.2, 0.25) is 0 Å². The predicted octanol–water partition coefficient (Wildman–Crippen LogP) is 1.47. The van der Waals surface area contributed by atoms with E-state index in [9.17, 15) is 19.2 Å². The SMILES string of the molecule is NC(=O)C1(C(=O)N[C@H](Cc2ccccc2)C(=O)NC(C(=O)C2(N)CCCCC2)C2CCNCC2)CCCC1. The smallest absolute Gasteiger partial charge is 0.243 e. The normalized spacial score (nSPS) is 22.7. The van der Waals surface area contributed by atoms with E-state index in [-0.39, 0.29) is 18.1 Å². The van der Waals surface area contributed by atoms with Gasteiger partial charge in [0.05, 0.1) is 11.6 Å². The highest BCUT2D eigenvalue weighted by atomic mass is 16.2. The number of nitrogens with one attached hydrogen (secondary N) is 3. The summed E-state index contributed by atoms with van der Waals surface area (Å²) in [4.78, 5) is 53.6. The van der Waals surface area contributed by atoms with Crippen LogP contribution in [0.15, 0.2) is 30.3 Å². The van der Waals surface area contributed by atoms with E-state index in [1.54, 1.807) is 0 Å². The lowest BCUT2D eigenvalue weighted by Crippen LogP contribution is -2.63. The molecular weight excluding hydrogens is 482 g/mol. The highest BCUT2D eigenvalue weighted by Crippen LogP contribution is 2.38. The molecule has 1 saturated heterocycles. The molecule has 2 atom stereocenters. The average Bonchev–Trinajstić information content (AvgIpc) is 3.44. The Balaban J connectivity index is 1.58. The van der Waals surface area contributed by atoms with Crippen LogP contribution in [0, 0.1) is 11.3 Å². The molecule has 1 aromatic carbocycles. The van der Waals surface area contributed by atoms with Crippen LogP contribution in [0.4, 0.5) is 0 Å². The first-order chi connectivity index (χ1) is 18.2. The zero-order valence-electron chi connectivity index (χ0n) is 22.3. The van der Waals surface area contributed by atoms with Gasteiger partial charge < -0.3 is 27.4 Å². The van der Waals surface area contributed by atoms with Crippen molar-refractivity contribution in [2.45, 2.75) is 94.7 Å². The lowest BCUT2D eigenvalue weighted by molar-refractivity contribution is -0.143. The van der Waals surface area contributed by atoms with Crippen molar-refractivity contribution in [2.24, 2.45) is 22.8 Å². The molecular formula is C29H43N5O4. The Morgan fingerprint density at radius 2 is 1.50 bits per heavy atom. The Kier molecular flexibility index (Phi) is 9.20. The molecule has 1 aromatic rings. The predicted molar refractivity (Wildman–Crippen MR) is 145 cm³/mol. The molecule has 0 spiro atoms. The Hall–Kier alpha value is -2.78. The zero-order valence-corrected chi connectivity index (χ0v) is 22.3. The lowest BCUT2D eigenvalue weighted by Gasteiger charge is -2.39. The number of hydrogen-bond acceptors (Lipinski definition) is 6. The molecule has 3 aliphatic rings. The Bertz CT molecular complexity index is 995. The van der Waals surface area contributed by atoms with E-state index < -0.39 is 40.8 Å². The largest absolute Gasteiger partial charge is 0.369 e. The van der Waals surface area contributed by atoms with Gasteiger partial charge in [0.1, 0.15) is 11.5 Å². The van der Waals surface area contributed by atoms with E-state index in [1.165, 1.54) is 0 Å². The fourth-order valence-corrected chi connectivity index (χ4v) is 6.49. The number of Topliss-reactive ketones (excluding diaryl/α,β-unsaturated/α-hetero) is 1. The standard InChI is InChI=1S/C29H43N5O4/c30-26(37)28(13-7-8-14-28)27(38)33-22(19-20-9-3-1-4-10-20)25(36)34-23(21-11-17-32-18-12-21)24(35)29(31)15-5-2-6-16-29/h1,3-4,9-10,21-23,32H,2,5-8,11-19,31H2,(H2,30,37)(H,33,38)(H,34,36)/t22-,23?/m1/s1. The monoisotopic (exact) mass is 525 g/mol. The van der Waals surface area contributed by atoms with Crippen molar-refractivity contribution in [3.05, 3.63) is 35.9 Å². The first-order valence-corrected chi connectivity index (χ1v) is 14.2. The molecule has 0 bridgehead atoms. The molecule has 9 nitrogen and oxygen atoms in total. The number of rotatable bonds is 10. The van der Waals surface area contributed by atoms with Gasteiger partial charge in [-0.1, -0.05) is 62.4 Å². The van der Waals surface area contributed by atoms with Crippen LogP contribution in [-0.4, -0.2) is 54.2 Å². The summed E-state index contributed by atoms with van der Waals surface area (Å²) in [5.41, 5.74) is 11.0. The molecule has 1 aliphatic heterocycles. The van der Waals surface area contributed by atoms with Gasteiger partial charge in [-0.05, 0) is 63.1 Å². The quantitative estimate of drug-likeness (QED) is 0.291. The molecule has 2 aliphatic carbocycles. The first-order valence-electron chi connectivity index (χ1n) is 14.2. The second-order valence-electron chi connectivity index (χ2n) is 11.5. The summed E-state index contributed by atoms with van der Waals surface area (Å²) >= 11 is 0. The maximum atomic E-state index is 13.9. The van der Waals surface area contributed by atoms with E-state index in [2.05, 4.69) is 16.0 Å². The molecule has 4 rings (SSSR count). The molecule has 9 heteroatoms. The first kappa shape index (κ1) is 28.2. The number of benzene rings is 1. The number of nitrogens with two attached hydrogens (primary N) is 2. The number of primary amides is 1. The van der Waals surface area contributed by atoms with Gasteiger partial charge in [-0.2, -0.15) is 0 Å². The molecule has 38 heavy (non-hydrogen) atoms. The molecule has 208 valence electrons. The van der Waals surface area contributed by atoms with Crippen molar-refractivity contribution in [3.63, 3.8) is 0 Å². The Labute approximate surface area is 225 Å². The summed E-state index contributed by atoms with van der Waals surface area (Å²) in [5, 5.41) is 9.22. The molecule has 3 amide bonds. The molecule has 2 saturated carbocycles. The van der Waals surface area contributed by atoms with Gasteiger partial charge in [0.15, 0.2) is 5.78 Å². The van der Waals surface area contributed by atoms with Crippen molar-refractivity contribution < 1.29 is 19.2 Å². The summed E-state index contributed by atoms with van der Waals surface area (Å²) in [6.07, 6.45) is 8.06. The van der Waals surface area contributed by atoms with E-state index >= 15 is 0 Å². The van der Waals surface area contributed by atoms with E-state index in [1.807, 2.05) is 30.3 Å². The highest BCUT2D eigenvalue weighted by Gasteiger charge is 2.48. The second kappa shape index (κ2) is 12.4. The number of piperidine rings is 1. The molecule has 1 unspecified atom stereocenters. The van der Waals surface area contributed by atoms with Gasteiger partial charge in [0.2, 0.25) is 17.7 Å². The van der Waals surface area contributed by atoms with Crippen LogP contribution >= 0.6 is 0 Å². The van der Waals surface area contributed by atoms with E-state index in [4.69, 9.17) is 11.5 Å². The van der Waals surface area contributed by atoms with Gasteiger partial charge >= 0.3 is 0 Å². The van der Waals surface area contributed by atoms with Gasteiger partial charge in [-0.25, -0.2) is 0 Å². The molecule has 0 radical (unpaired) electrons. The maximum absolute atomic E-state index is 13.9. The molecule has 7 N–H and O–H groups in total. The third-order valence-electron chi connectivity index (χ3n) is 8.94. The van der Waals surface area contributed by atoms with Gasteiger partial charge in [-0.3, -0.25) is 19.2 Å². The number of amides is 3. The van der Waals surface area contributed by atoms with Crippen molar-refractivity contribution in [1.29, 1.82) is 0 Å². The summed E-state index contributed by atoms with van der Waals surface area (Å²) in [6, 6.07) is 7.72. The fraction of sp³-hybridized carbons (Fsp3) is 0.655. The topological polar surface area (TPSA) is 156 Å². The second-order valence-corrected chi connectivity index (χ2v) is 11.5. The summed E-state index contributed by atoms with van der Waals surface area (Å²) in [5.74, 6) is -1.74. The van der Waals surface area contributed by atoms with Crippen molar-refractivity contribution in [3.8, 4) is 0 Å². The summed E-state index contributed by atoms with van der Waals surface area (Å²) in [6.45, 7) is 1.54. The lowest BCUT2D eigenvalue weighted by atomic mass is 9.73. The minimum atomic E-state index is -1.30. The van der Waals surface area contributed by atoms with Crippen LogP contribution in [0.3, 0.4) is 0 Å². The van der Waals surface area contributed by atoms with Crippen LogP contribution in [-0.2, 0) is 25.6 Å². The number of carbonyl (C=O) groups is 4. The summed E-state index contributed by atoms with van der Waals surface area (Å²) < 4.78 is 0. The van der Waals surface area contributed by atoms with Gasteiger partial charge in [0.25, 0.3) is 0 Å². The summed E-state index contributed by atoms with van der Waals surface area (Å²) in [7, 11) is 0. The maximum Gasteiger partial charge on any atom is 0.243 e. The van der Waals surface area contributed by atoms with Crippen LogP contribution in [0.25, 0.3) is 0 Å². The number of carbonyl (C=O) groups excluding carboxylic acids is 4. The minimum Gasteiger partial charge on any atom is -0.369 e. The van der Waals surface area contributed by atoms with Crippen molar-refractivity contribution >= 4 is 23.5 Å². The zero-order chi connectivity index (χ0) is 27.2. The van der Waals surface area contributed by atoms with E-state index in [0.717, 1.165) is 63.6 Å². The molecule has 3 fully saturated rings. The van der Waals surface area contributed by atoms with Gasteiger partial charge in [-0.15, -0.1) is 0 Å². The van der Waals surface area contributed by atoms with Crippen molar-refractivity contribution in [2.75, 3.05) is 13.1 Å². The Morgan fingerprint density at radius 3 is 2.11 bits per heavy atom. The number of hydrogen-bond donors (Lipinski definition) is 5.